The number of benzene rings is 2. The van der Waals surface area contributed by atoms with Crippen LogP contribution in [-0.2, 0) is 4.79 Å². The van der Waals surface area contributed by atoms with E-state index in [1.165, 1.54) is 23.1 Å². The number of halogens is 1. The molecule has 132 valence electrons. The van der Waals surface area contributed by atoms with E-state index >= 15 is 0 Å². The number of carbonyl (C=O) groups is 2. The number of ether oxygens (including phenoxy) is 1. The van der Waals surface area contributed by atoms with Gasteiger partial charge in [0, 0.05) is 33.1 Å². The van der Waals surface area contributed by atoms with Gasteiger partial charge in [-0.25, -0.2) is 9.18 Å². The van der Waals surface area contributed by atoms with Gasteiger partial charge < -0.3 is 20.3 Å². The number of rotatable bonds is 6. The lowest BCUT2D eigenvalue weighted by molar-refractivity contribution is -0.128. The summed E-state index contributed by atoms with van der Waals surface area (Å²) < 4.78 is 18.9. The Balaban J connectivity index is 1.96. The van der Waals surface area contributed by atoms with Gasteiger partial charge in [0.15, 0.2) is 5.75 Å². The molecule has 0 bridgehead atoms. The van der Waals surface area contributed by atoms with Gasteiger partial charge in [0.2, 0.25) is 5.91 Å². The second kappa shape index (κ2) is 8.68. The summed E-state index contributed by atoms with van der Waals surface area (Å²) >= 11 is 0. The minimum Gasteiger partial charge on any atom is -0.455 e. The second-order valence-electron chi connectivity index (χ2n) is 5.47. The molecule has 0 aromatic heterocycles. The van der Waals surface area contributed by atoms with E-state index in [1.807, 2.05) is 0 Å². The lowest BCUT2D eigenvalue weighted by Gasteiger charge is -2.13. The number of para-hydroxylation sites is 2. The molecule has 0 aliphatic rings. The maximum absolute atomic E-state index is 13.3. The van der Waals surface area contributed by atoms with E-state index in [4.69, 9.17) is 4.74 Å². The summed E-state index contributed by atoms with van der Waals surface area (Å²) in [6, 6.07) is 12.1. The molecular weight excluding hydrogens is 325 g/mol. The maximum atomic E-state index is 13.3. The quantitative estimate of drug-likeness (QED) is 0.844. The molecule has 0 atom stereocenters. The molecule has 0 heterocycles. The third-order valence-corrected chi connectivity index (χ3v) is 3.28. The summed E-state index contributed by atoms with van der Waals surface area (Å²) in [6.07, 6.45) is 0.210. The number of urea groups is 1. The van der Waals surface area contributed by atoms with Crippen LogP contribution in [0.3, 0.4) is 0 Å². The smallest absolute Gasteiger partial charge is 0.319 e. The Morgan fingerprint density at radius 2 is 1.88 bits per heavy atom. The summed E-state index contributed by atoms with van der Waals surface area (Å²) in [6.45, 7) is 0.218. The molecule has 0 aliphatic carbocycles. The van der Waals surface area contributed by atoms with E-state index in [-0.39, 0.29) is 18.9 Å². The van der Waals surface area contributed by atoms with Crippen LogP contribution >= 0.6 is 0 Å². The zero-order valence-corrected chi connectivity index (χ0v) is 14.1. The highest BCUT2D eigenvalue weighted by Gasteiger charge is 2.10. The fourth-order valence-corrected chi connectivity index (χ4v) is 1.99. The number of anilines is 1. The number of amides is 3. The first-order valence-electron chi connectivity index (χ1n) is 7.73. The zero-order valence-electron chi connectivity index (χ0n) is 14.1. The average Bonchev–Trinajstić information content (AvgIpc) is 2.56. The number of hydrogen-bond donors (Lipinski definition) is 2. The number of carbonyl (C=O) groups excluding carboxylic acids is 2. The molecular formula is C18H20FN3O3. The number of nitrogens with one attached hydrogen (secondary N) is 2. The summed E-state index contributed by atoms with van der Waals surface area (Å²) in [5, 5.41) is 5.26. The van der Waals surface area contributed by atoms with Crippen LogP contribution in [0, 0.1) is 5.82 Å². The van der Waals surface area contributed by atoms with Crippen molar-refractivity contribution in [2.45, 2.75) is 6.42 Å². The van der Waals surface area contributed by atoms with Crippen molar-refractivity contribution < 1.29 is 18.7 Å². The van der Waals surface area contributed by atoms with Gasteiger partial charge >= 0.3 is 6.03 Å². The molecule has 0 aliphatic heterocycles. The molecule has 0 saturated carbocycles. The Labute approximate surface area is 145 Å². The van der Waals surface area contributed by atoms with Crippen LogP contribution in [0.2, 0.25) is 0 Å². The predicted molar refractivity (Wildman–Crippen MR) is 93.2 cm³/mol. The van der Waals surface area contributed by atoms with Crippen molar-refractivity contribution in [1.82, 2.24) is 10.2 Å². The third-order valence-electron chi connectivity index (χ3n) is 3.28. The van der Waals surface area contributed by atoms with Crippen LogP contribution in [0.25, 0.3) is 0 Å². The van der Waals surface area contributed by atoms with Crippen LogP contribution in [0.4, 0.5) is 14.9 Å². The first-order chi connectivity index (χ1) is 12.0. The fraction of sp³-hybridized carbons (Fsp3) is 0.222. The molecule has 7 heteroatoms. The van der Waals surface area contributed by atoms with Crippen molar-refractivity contribution in [3.8, 4) is 11.5 Å². The van der Waals surface area contributed by atoms with Gasteiger partial charge in [-0.1, -0.05) is 18.2 Å². The summed E-state index contributed by atoms with van der Waals surface area (Å²) in [5.41, 5.74) is 0.434. The number of nitrogens with zero attached hydrogens (tertiary/aromatic N) is 1. The van der Waals surface area contributed by atoms with Crippen molar-refractivity contribution in [2.75, 3.05) is 26.0 Å². The van der Waals surface area contributed by atoms with E-state index in [0.717, 1.165) is 0 Å². The Kier molecular flexibility index (Phi) is 6.33. The van der Waals surface area contributed by atoms with E-state index in [0.29, 0.717) is 17.2 Å². The van der Waals surface area contributed by atoms with Crippen LogP contribution in [-0.4, -0.2) is 37.5 Å². The van der Waals surface area contributed by atoms with Gasteiger partial charge in [0.25, 0.3) is 0 Å². The van der Waals surface area contributed by atoms with Gasteiger partial charge in [-0.15, -0.1) is 0 Å². The Hall–Kier alpha value is -3.09. The van der Waals surface area contributed by atoms with Gasteiger partial charge in [-0.05, 0) is 24.3 Å². The highest BCUT2D eigenvalue weighted by molar-refractivity contribution is 5.91. The number of hydrogen-bond acceptors (Lipinski definition) is 3. The second-order valence-corrected chi connectivity index (χ2v) is 5.47. The van der Waals surface area contributed by atoms with Crippen molar-refractivity contribution in [3.63, 3.8) is 0 Å². The minimum absolute atomic E-state index is 0.0739. The first-order valence-corrected chi connectivity index (χ1v) is 7.73. The van der Waals surface area contributed by atoms with Crippen LogP contribution < -0.4 is 15.4 Å². The third kappa shape index (κ3) is 5.80. The molecule has 2 N–H and O–H groups in total. The topological polar surface area (TPSA) is 70.7 Å². The monoisotopic (exact) mass is 345 g/mol. The molecule has 0 saturated heterocycles. The molecule has 0 fully saturated rings. The highest BCUT2D eigenvalue weighted by Crippen LogP contribution is 2.29. The lowest BCUT2D eigenvalue weighted by atomic mass is 10.3. The van der Waals surface area contributed by atoms with Gasteiger partial charge in [0.05, 0.1) is 5.69 Å². The van der Waals surface area contributed by atoms with Crippen molar-refractivity contribution >= 4 is 17.6 Å². The largest absolute Gasteiger partial charge is 0.455 e. The predicted octanol–water partition coefficient (Wildman–Crippen LogP) is 3.22. The molecule has 6 nitrogen and oxygen atoms in total. The van der Waals surface area contributed by atoms with Crippen LogP contribution in [0.5, 0.6) is 11.5 Å². The van der Waals surface area contributed by atoms with Crippen molar-refractivity contribution in [3.05, 3.63) is 54.3 Å². The highest BCUT2D eigenvalue weighted by atomic mass is 19.1. The van der Waals surface area contributed by atoms with E-state index in [1.54, 1.807) is 44.4 Å². The van der Waals surface area contributed by atoms with Crippen LogP contribution in [0.1, 0.15) is 6.42 Å². The molecule has 3 amide bonds. The fourth-order valence-electron chi connectivity index (χ4n) is 1.99. The molecule has 2 aromatic rings. The SMILES string of the molecule is CN(C)C(=O)CCNC(=O)Nc1ccccc1Oc1cccc(F)c1. The zero-order chi connectivity index (χ0) is 18.2. The molecule has 0 radical (unpaired) electrons. The molecule has 0 unspecified atom stereocenters. The van der Waals surface area contributed by atoms with Gasteiger partial charge in [-0.2, -0.15) is 0 Å². The standard InChI is InChI=1S/C18H20FN3O3/c1-22(2)17(23)10-11-20-18(24)21-15-8-3-4-9-16(15)25-14-7-5-6-13(19)12-14/h3-9,12H,10-11H2,1-2H3,(H2,20,21,24). The average molecular weight is 345 g/mol. The van der Waals surface area contributed by atoms with E-state index in [9.17, 15) is 14.0 Å². The van der Waals surface area contributed by atoms with E-state index < -0.39 is 11.8 Å². The lowest BCUT2D eigenvalue weighted by Crippen LogP contribution is -2.33. The Morgan fingerprint density at radius 3 is 2.60 bits per heavy atom. The molecule has 2 aromatic carbocycles. The molecule has 0 spiro atoms. The first kappa shape index (κ1) is 18.3. The Morgan fingerprint density at radius 1 is 1.12 bits per heavy atom. The molecule has 2 rings (SSSR count). The Bertz CT molecular complexity index is 750. The maximum Gasteiger partial charge on any atom is 0.319 e. The van der Waals surface area contributed by atoms with Crippen LogP contribution in [0.15, 0.2) is 48.5 Å². The van der Waals surface area contributed by atoms with Crippen molar-refractivity contribution in [2.24, 2.45) is 0 Å². The summed E-state index contributed by atoms with van der Waals surface area (Å²) in [7, 11) is 3.31. The van der Waals surface area contributed by atoms with Crippen molar-refractivity contribution in [1.29, 1.82) is 0 Å². The minimum atomic E-state index is -0.457. The van der Waals surface area contributed by atoms with Gasteiger partial charge in [0.1, 0.15) is 11.6 Å². The summed E-state index contributed by atoms with van der Waals surface area (Å²) in [5.74, 6) is 0.222. The van der Waals surface area contributed by atoms with E-state index in [2.05, 4.69) is 10.6 Å². The normalized spacial score (nSPS) is 10.0. The summed E-state index contributed by atoms with van der Waals surface area (Å²) in [4.78, 5) is 24.9. The van der Waals surface area contributed by atoms with Gasteiger partial charge in [-0.3, -0.25) is 4.79 Å². The molecule has 25 heavy (non-hydrogen) atoms.